The zero-order valence-electron chi connectivity index (χ0n) is 16.2. The molecule has 0 spiro atoms. The van der Waals surface area contributed by atoms with E-state index in [1.807, 2.05) is 23.6 Å². The number of imidazole rings is 1. The number of fused-ring (bicyclic) bond motifs is 1. The molecule has 0 fully saturated rings. The Bertz CT molecular complexity index is 925. The van der Waals surface area contributed by atoms with Crippen LogP contribution in [-0.2, 0) is 13.0 Å². The van der Waals surface area contributed by atoms with E-state index < -0.39 is 5.91 Å². The average Bonchev–Trinajstić information content (AvgIpc) is 3.08. The van der Waals surface area contributed by atoms with E-state index in [1.54, 1.807) is 24.3 Å². The number of para-hydroxylation sites is 1. The van der Waals surface area contributed by atoms with Crippen LogP contribution in [0.15, 0.2) is 24.3 Å². The number of hydrogen-bond donors (Lipinski definition) is 2. The van der Waals surface area contributed by atoms with Gasteiger partial charge >= 0.3 is 0 Å². The summed E-state index contributed by atoms with van der Waals surface area (Å²) < 4.78 is 1.83. The maximum absolute atomic E-state index is 12.9. The van der Waals surface area contributed by atoms with Gasteiger partial charge in [0.15, 0.2) is 5.82 Å². The third-order valence-corrected chi connectivity index (χ3v) is 4.68. The molecule has 8 heteroatoms. The van der Waals surface area contributed by atoms with Crippen molar-refractivity contribution in [3.8, 4) is 6.07 Å². The molecule has 1 aliphatic rings. The molecular weight excluding hydrogens is 356 g/mol. The van der Waals surface area contributed by atoms with E-state index in [1.165, 1.54) is 0 Å². The van der Waals surface area contributed by atoms with E-state index >= 15 is 0 Å². The third-order valence-electron chi connectivity index (χ3n) is 4.68. The van der Waals surface area contributed by atoms with Crippen molar-refractivity contribution in [2.24, 2.45) is 0 Å². The summed E-state index contributed by atoms with van der Waals surface area (Å²) in [5, 5.41) is 14.8. The molecule has 2 heterocycles. The first kappa shape index (κ1) is 19.6. The van der Waals surface area contributed by atoms with Gasteiger partial charge in [0.2, 0.25) is 0 Å². The van der Waals surface area contributed by atoms with Gasteiger partial charge in [0.25, 0.3) is 11.8 Å². The average molecular weight is 380 g/mol. The lowest BCUT2D eigenvalue weighted by Crippen LogP contribution is -2.32. The fraction of sp³-hybridized carbons (Fsp3) is 0.400. The SMILES string of the molecule is CN(C)CCNC(=O)c1nc(C(=O)Nc2ccccc2C#N)n2c1CCCC2. The van der Waals surface area contributed by atoms with Gasteiger partial charge < -0.3 is 20.1 Å². The highest BCUT2D eigenvalue weighted by atomic mass is 16.2. The number of likely N-dealkylation sites (N-methyl/N-ethyl adjacent to an activating group) is 1. The van der Waals surface area contributed by atoms with Crippen LogP contribution in [0, 0.1) is 11.3 Å². The number of benzene rings is 1. The molecule has 0 saturated heterocycles. The molecule has 3 rings (SSSR count). The number of nitrogens with zero attached hydrogens (tertiary/aromatic N) is 4. The van der Waals surface area contributed by atoms with E-state index in [2.05, 4.69) is 21.7 Å². The van der Waals surface area contributed by atoms with Crippen LogP contribution in [-0.4, -0.2) is 53.5 Å². The molecular formula is C20H24N6O2. The second kappa shape index (κ2) is 8.67. The third kappa shape index (κ3) is 4.21. The van der Waals surface area contributed by atoms with Gasteiger partial charge in [-0.1, -0.05) is 12.1 Å². The first-order chi connectivity index (χ1) is 13.5. The highest BCUT2D eigenvalue weighted by Crippen LogP contribution is 2.22. The zero-order chi connectivity index (χ0) is 20.1. The Morgan fingerprint density at radius 2 is 2.04 bits per heavy atom. The number of nitrogens with one attached hydrogen (secondary N) is 2. The van der Waals surface area contributed by atoms with E-state index in [0.717, 1.165) is 25.1 Å². The number of anilines is 1. The van der Waals surface area contributed by atoms with Crippen LogP contribution in [0.4, 0.5) is 5.69 Å². The number of aromatic nitrogens is 2. The second-order valence-electron chi connectivity index (χ2n) is 7.01. The smallest absolute Gasteiger partial charge is 0.291 e. The minimum absolute atomic E-state index is 0.209. The molecule has 28 heavy (non-hydrogen) atoms. The molecule has 1 aromatic carbocycles. The molecule has 2 N–H and O–H groups in total. The standard InChI is InChI=1S/C20H24N6O2/c1-25(2)12-10-22-19(27)17-16-9-5-6-11-26(16)18(24-17)20(28)23-15-8-4-3-7-14(15)13-21/h3-4,7-8H,5-6,9-12H2,1-2H3,(H,22,27)(H,23,28). The van der Waals surface area contributed by atoms with Crippen molar-refractivity contribution in [3.05, 3.63) is 47.0 Å². The monoisotopic (exact) mass is 380 g/mol. The fourth-order valence-corrected chi connectivity index (χ4v) is 3.24. The molecule has 0 saturated carbocycles. The Hall–Kier alpha value is -3.18. The number of nitriles is 1. The normalized spacial score (nSPS) is 12.9. The molecule has 0 atom stereocenters. The molecule has 2 amide bonds. The van der Waals surface area contributed by atoms with Gasteiger partial charge in [-0.2, -0.15) is 5.26 Å². The van der Waals surface area contributed by atoms with Crippen LogP contribution in [0.25, 0.3) is 0 Å². The largest absolute Gasteiger partial charge is 0.349 e. The maximum Gasteiger partial charge on any atom is 0.291 e. The van der Waals surface area contributed by atoms with Gasteiger partial charge in [0, 0.05) is 19.6 Å². The van der Waals surface area contributed by atoms with Crippen LogP contribution in [0.1, 0.15) is 45.2 Å². The minimum atomic E-state index is -0.418. The number of hydrogen-bond acceptors (Lipinski definition) is 5. The Morgan fingerprint density at radius 3 is 2.79 bits per heavy atom. The molecule has 8 nitrogen and oxygen atoms in total. The molecule has 2 aromatic rings. The van der Waals surface area contributed by atoms with E-state index in [-0.39, 0.29) is 11.7 Å². The lowest BCUT2D eigenvalue weighted by atomic mass is 10.1. The van der Waals surface area contributed by atoms with Crippen molar-refractivity contribution in [1.29, 1.82) is 5.26 Å². The van der Waals surface area contributed by atoms with E-state index in [4.69, 9.17) is 0 Å². The van der Waals surface area contributed by atoms with Crippen molar-refractivity contribution in [2.45, 2.75) is 25.8 Å². The second-order valence-corrected chi connectivity index (χ2v) is 7.01. The Labute approximate surface area is 164 Å². The summed E-state index contributed by atoms with van der Waals surface area (Å²) in [6.45, 7) is 1.88. The molecule has 0 unspecified atom stereocenters. The summed E-state index contributed by atoms with van der Waals surface area (Å²) in [6, 6.07) is 8.86. The number of carbonyl (C=O) groups is 2. The molecule has 1 aliphatic heterocycles. The fourth-order valence-electron chi connectivity index (χ4n) is 3.24. The quantitative estimate of drug-likeness (QED) is 0.793. The predicted octanol–water partition coefficient (Wildman–Crippen LogP) is 1.63. The number of rotatable bonds is 6. The summed E-state index contributed by atoms with van der Waals surface area (Å²) in [6.07, 6.45) is 2.60. The van der Waals surface area contributed by atoms with Gasteiger partial charge in [0.1, 0.15) is 11.8 Å². The summed E-state index contributed by atoms with van der Waals surface area (Å²) in [4.78, 5) is 31.8. The van der Waals surface area contributed by atoms with Crippen molar-refractivity contribution >= 4 is 17.5 Å². The Morgan fingerprint density at radius 1 is 1.25 bits per heavy atom. The molecule has 1 aromatic heterocycles. The van der Waals surface area contributed by atoms with E-state index in [9.17, 15) is 14.9 Å². The van der Waals surface area contributed by atoms with Gasteiger partial charge in [0.05, 0.1) is 16.9 Å². The van der Waals surface area contributed by atoms with Crippen LogP contribution in [0.2, 0.25) is 0 Å². The van der Waals surface area contributed by atoms with Gasteiger partial charge in [-0.25, -0.2) is 4.98 Å². The molecule has 0 aliphatic carbocycles. The van der Waals surface area contributed by atoms with Crippen LogP contribution in [0.5, 0.6) is 0 Å². The van der Waals surface area contributed by atoms with Crippen LogP contribution in [0.3, 0.4) is 0 Å². The Balaban J connectivity index is 1.85. The highest BCUT2D eigenvalue weighted by Gasteiger charge is 2.27. The first-order valence-corrected chi connectivity index (χ1v) is 9.34. The highest BCUT2D eigenvalue weighted by molar-refractivity contribution is 6.04. The minimum Gasteiger partial charge on any atom is -0.349 e. The van der Waals surface area contributed by atoms with E-state index in [0.29, 0.717) is 36.5 Å². The number of carbonyl (C=O) groups excluding carboxylic acids is 2. The summed E-state index contributed by atoms with van der Waals surface area (Å²) in [7, 11) is 3.87. The topological polar surface area (TPSA) is 103 Å². The molecule has 0 bridgehead atoms. The lowest BCUT2D eigenvalue weighted by Gasteiger charge is -2.17. The lowest BCUT2D eigenvalue weighted by molar-refractivity contribution is 0.0945. The first-order valence-electron chi connectivity index (χ1n) is 9.34. The summed E-state index contributed by atoms with van der Waals surface area (Å²) in [5.74, 6) is -0.470. The maximum atomic E-state index is 12.9. The zero-order valence-corrected chi connectivity index (χ0v) is 16.2. The van der Waals surface area contributed by atoms with Crippen molar-refractivity contribution in [2.75, 3.05) is 32.5 Å². The van der Waals surface area contributed by atoms with Crippen molar-refractivity contribution in [3.63, 3.8) is 0 Å². The summed E-state index contributed by atoms with van der Waals surface area (Å²) in [5.41, 5.74) is 1.92. The van der Waals surface area contributed by atoms with Crippen LogP contribution < -0.4 is 10.6 Å². The number of amides is 2. The molecule has 0 radical (unpaired) electrons. The van der Waals surface area contributed by atoms with Gasteiger partial charge in [-0.05, 0) is 45.5 Å². The summed E-state index contributed by atoms with van der Waals surface area (Å²) >= 11 is 0. The molecule has 146 valence electrons. The predicted molar refractivity (Wildman–Crippen MR) is 105 cm³/mol. The van der Waals surface area contributed by atoms with Gasteiger partial charge in [-0.3, -0.25) is 9.59 Å². The van der Waals surface area contributed by atoms with Crippen molar-refractivity contribution < 1.29 is 9.59 Å². The van der Waals surface area contributed by atoms with Gasteiger partial charge in [-0.15, -0.1) is 0 Å². The van der Waals surface area contributed by atoms with Crippen LogP contribution >= 0.6 is 0 Å². The Kier molecular flexibility index (Phi) is 6.06. The van der Waals surface area contributed by atoms with Crippen molar-refractivity contribution in [1.82, 2.24) is 19.8 Å².